The van der Waals surface area contributed by atoms with E-state index in [4.69, 9.17) is 9.84 Å². The predicted molar refractivity (Wildman–Crippen MR) is 76.7 cm³/mol. The van der Waals surface area contributed by atoms with Gasteiger partial charge in [0.25, 0.3) is 0 Å². The SMILES string of the molecule is O=S(CCO)Cc1ccc(Oc2ccccc2F)c(F)c1. The number of halogens is 2. The van der Waals surface area contributed by atoms with E-state index in [1.807, 2.05) is 0 Å². The molecule has 1 atom stereocenters. The second-order valence-corrected chi connectivity index (χ2v) is 5.89. The summed E-state index contributed by atoms with van der Waals surface area (Å²) in [6.45, 7) is -0.177. The van der Waals surface area contributed by atoms with E-state index in [0.29, 0.717) is 5.56 Å². The number of aliphatic hydroxyl groups is 1. The number of para-hydroxylation sites is 1. The summed E-state index contributed by atoms with van der Waals surface area (Å²) in [7, 11) is -1.24. The average molecular weight is 312 g/mol. The van der Waals surface area contributed by atoms with Crippen LogP contribution in [-0.2, 0) is 16.6 Å². The van der Waals surface area contributed by atoms with Crippen molar-refractivity contribution in [1.82, 2.24) is 0 Å². The fourth-order valence-corrected chi connectivity index (χ4v) is 2.62. The molecule has 3 nitrogen and oxygen atoms in total. The first kappa shape index (κ1) is 15.6. The minimum Gasteiger partial charge on any atom is -0.451 e. The third-order valence-electron chi connectivity index (χ3n) is 2.70. The summed E-state index contributed by atoms with van der Waals surface area (Å²) in [6, 6.07) is 9.85. The first-order valence-electron chi connectivity index (χ1n) is 6.27. The van der Waals surface area contributed by atoms with Crippen molar-refractivity contribution in [3.05, 3.63) is 59.7 Å². The quantitative estimate of drug-likeness (QED) is 0.892. The van der Waals surface area contributed by atoms with Crippen LogP contribution in [0.3, 0.4) is 0 Å². The third-order valence-corrected chi connectivity index (χ3v) is 3.99. The highest BCUT2D eigenvalue weighted by molar-refractivity contribution is 7.84. The Morgan fingerprint density at radius 2 is 1.76 bits per heavy atom. The zero-order chi connectivity index (χ0) is 15.2. The maximum Gasteiger partial charge on any atom is 0.166 e. The third kappa shape index (κ3) is 4.34. The lowest BCUT2D eigenvalue weighted by molar-refractivity contribution is 0.321. The van der Waals surface area contributed by atoms with Crippen LogP contribution in [0.5, 0.6) is 11.5 Å². The van der Waals surface area contributed by atoms with Crippen molar-refractivity contribution in [2.75, 3.05) is 12.4 Å². The molecule has 0 bridgehead atoms. The lowest BCUT2D eigenvalue weighted by Crippen LogP contribution is -2.04. The summed E-state index contributed by atoms with van der Waals surface area (Å²) in [4.78, 5) is 0. The van der Waals surface area contributed by atoms with Gasteiger partial charge in [-0.25, -0.2) is 8.78 Å². The number of aliphatic hydroxyl groups excluding tert-OH is 1. The van der Waals surface area contributed by atoms with Crippen molar-refractivity contribution in [3.63, 3.8) is 0 Å². The number of rotatable bonds is 6. The smallest absolute Gasteiger partial charge is 0.166 e. The van der Waals surface area contributed by atoms with Crippen LogP contribution < -0.4 is 4.74 Å². The van der Waals surface area contributed by atoms with Gasteiger partial charge in [-0.15, -0.1) is 0 Å². The van der Waals surface area contributed by atoms with Gasteiger partial charge in [0.1, 0.15) is 0 Å². The van der Waals surface area contributed by atoms with Crippen LogP contribution in [0.15, 0.2) is 42.5 Å². The van der Waals surface area contributed by atoms with Crippen LogP contribution in [0.25, 0.3) is 0 Å². The molecule has 0 fully saturated rings. The molecule has 2 aromatic rings. The molecule has 1 unspecified atom stereocenters. The topological polar surface area (TPSA) is 46.5 Å². The largest absolute Gasteiger partial charge is 0.451 e. The molecular weight excluding hydrogens is 298 g/mol. The van der Waals surface area contributed by atoms with E-state index in [1.54, 1.807) is 12.1 Å². The van der Waals surface area contributed by atoms with Crippen LogP contribution in [0.1, 0.15) is 5.56 Å². The van der Waals surface area contributed by atoms with Crippen molar-refractivity contribution < 1.29 is 22.8 Å². The monoisotopic (exact) mass is 312 g/mol. The van der Waals surface area contributed by atoms with Crippen LogP contribution >= 0.6 is 0 Å². The van der Waals surface area contributed by atoms with Gasteiger partial charge in [0.05, 0.1) is 6.61 Å². The molecule has 0 aliphatic rings. The minimum atomic E-state index is -1.24. The zero-order valence-electron chi connectivity index (χ0n) is 11.1. The Morgan fingerprint density at radius 3 is 2.43 bits per heavy atom. The van der Waals surface area contributed by atoms with Gasteiger partial charge in [0.15, 0.2) is 23.1 Å². The summed E-state index contributed by atoms with van der Waals surface area (Å²) < 4.78 is 44.0. The molecule has 1 N–H and O–H groups in total. The molecule has 0 aliphatic carbocycles. The van der Waals surface area contributed by atoms with Gasteiger partial charge >= 0.3 is 0 Å². The van der Waals surface area contributed by atoms with Crippen molar-refractivity contribution in [3.8, 4) is 11.5 Å². The second-order valence-electron chi connectivity index (χ2n) is 4.31. The number of hydrogen-bond donors (Lipinski definition) is 1. The maximum atomic E-state index is 13.9. The standard InChI is InChI=1S/C15H14F2O3S/c16-12-3-1-2-4-14(12)20-15-6-5-11(9-13(15)17)10-21(19)8-7-18/h1-6,9,18H,7-8,10H2. The molecule has 0 aromatic heterocycles. The summed E-state index contributed by atoms with van der Waals surface area (Å²) in [5, 5.41) is 8.68. The number of benzene rings is 2. The maximum absolute atomic E-state index is 13.9. The molecule has 112 valence electrons. The van der Waals surface area contributed by atoms with Gasteiger partial charge in [0, 0.05) is 22.3 Å². The molecule has 6 heteroatoms. The van der Waals surface area contributed by atoms with E-state index in [1.165, 1.54) is 30.3 Å². The molecule has 0 heterocycles. The fourth-order valence-electron chi connectivity index (χ4n) is 1.72. The van der Waals surface area contributed by atoms with E-state index in [0.717, 1.165) is 0 Å². The summed E-state index contributed by atoms with van der Waals surface area (Å²) in [5.41, 5.74) is 0.528. The molecule has 21 heavy (non-hydrogen) atoms. The average Bonchev–Trinajstić information content (AvgIpc) is 2.44. The van der Waals surface area contributed by atoms with Gasteiger partial charge in [-0.3, -0.25) is 4.21 Å². The Bertz CT molecular complexity index is 647. The van der Waals surface area contributed by atoms with E-state index in [-0.39, 0.29) is 29.6 Å². The molecule has 0 saturated heterocycles. The number of hydrogen-bond acceptors (Lipinski definition) is 3. The predicted octanol–water partition coefficient (Wildman–Crippen LogP) is 3.00. The van der Waals surface area contributed by atoms with Crippen LogP contribution in [0.2, 0.25) is 0 Å². The molecule has 0 aliphatic heterocycles. The Balaban J connectivity index is 2.13. The van der Waals surface area contributed by atoms with E-state index < -0.39 is 22.4 Å². The zero-order valence-corrected chi connectivity index (χ0v) is 11.9. The van der Waals surface area contributed by atoms with Crippen LogP contribution in [0, 0.1) is 11.6 Å². The van der Waals surface area contributed by atoms with E-state index in [2.05, 4.69) is 0 Å². The molecule has 2 aromatic carbocycles. The van der Waals surface area contributed by atoms with Crippen molar-refractivity contribution in [2.45, 2.75) is 5.75 Å². The summed E-state index contributed by atoms with van der Waals surface area (Å²) in [5.74, 6) is -1.10. The van der Waals surface area contributed by atoms with Crippen molar-refractivity contribution >= 4 is 10.8 Å². The molecule has 0 saturated carbocycles. The van der Waals surface area contributed by atoms with Gasteiger partial charge in [-0.2, -0.15) is 0 Å². The normalized spacial score (nSPS) is 12.1. The van der Waals surface area contributed by atoms with Gasteiger partial charge in [-0.05, 0) is 29.8 Å². The molecule has 0 spiro atoms. The fraction of sp³-hybridized carbons (Fsp3) is 0.200. The van der Waals surface area contributed by atoms with Gasteiger partial charge in [-0.1, -0.05) is 18.2 Å². The summed E-state index contributed by atoms with van der Waals surface area (Å²) >= 11 is 0. The molecule has 2 rings (SSSR count). The number of ether oxygens (including phenoxy) is 1. The molecule has 0 radical (unpaired) electrons. The highest BCUT2D eigenvalue weighted by Gasteiger charge is 2.10. The molecule has 0 amide bonds. The van der Waals surface area contributed by atoms with Crippen LogP contribution in [0.4, 0.5) is 8.78 Å². The van der Waals surface area contributed by atoms with Crippen LogP contribution in [-0.4, -0.2) is 21.7 Å². The van der Waals surface area contributed by atoms with E-state index >= 15 is 0 Å². The van der Waals surface area contributed by atoms with Crippen molar-refractivity contribution in [1.29, 1.82) is 0 Å². The van der Waals surface area contributed by atoms with Gasteiger partial charge < -0.3 is 9.84 Å². The lowest BCUT2D eigenvalue weighted by atomic mass is 10.2. The Labute approximate surface area is 123 Å². The van der Waals surface area contributed by atoms with Gasteiger partial charge in [0.2, 0.25) is 0 Å². The molecular formula is C15H14F2O3S. The lowest BCUT2D eigenvalue weighted by Gasteiger charge is -2.09. The first-order chi connectivity index (χ1) is 10.1. The Hall–Kier alpha value is -1.79. The highest BCUT2D eigenvalue weighted by Crippen LogP contribution is 2.27. The first-order valence-corrected chi connectivity index (χ1v) is 7.75. The minimum absolute atomic E-state index is 0.0620. The Morgan fingerprint density at radius 1 is 1.05 bits per heavy atom. The second kappa shape index (κ2) is 7.28. The van der Waals surface area contributed by atoms with E-state index in [9.17, 15) is 13.0 Å². The Kier molecular flexibility index (Phi) is 5.41. The van der Waals surface area contributed by atoms with Crippen molar-refractivity contribution in [2.24, 2.45) is 0 Å². The highest BCUT2D eigenvalue weighted by atomic mass is 32.2. The summed E-state index contributed by atoms with van der Waals surface area (Å²) in [6.07, 6.45) is 0.